The predicted octanol–water partition coefficient (Wildman–Crippen LogP) is 4.01. The van der Waals surface area contributed by atoms with Crippen molar-refractivity contribution in [2.75, 3.05) is 6.54 Å². The minimum atomic E-state index is 0.578. The molecule has 3 atom stereocenters. The summed E-state index contributed by atoms with van der Waals surface area (Å²) in [5, 5.41) is 2.26. The monoisotopic (exact) mass is 261 g/mol. The van der Waals surface area contributed by atoms with E-state index in [9.17, 15) is 0 Å². The van der Waals surface area contributed by atoms with Gasteiger partial charge in [-0.15, -0.1) is 11.3 Å². The summed E-state index contributed by atoms with van der Waals surface area (Å²) in [6.45, 7) is 0.883. The Labute approximate surface area is 114 Å². The Hall–Kier alpha value is -0.340. The fourth-order valence-corrected chi connectivity index (χ4v) is 6.92. The number of rotatable bonds is 3. The lowest BCUT2D eigenvalue weighted by Crippen LogP contribution is -2.51. The van der Waals surface area contributed by atoms with Gasteiger partial charge in [-0.2, -0.15) is 0 Å². The standard InChI is InChI=1S/C16H23NS/c17-4-3-16-9-11-6-12(10-16)8-13(7-11)15(16)14-2-1-5-18-14/h1-2,5,11-13,15H,3-4,6-10,17H2. The molecule has 18 heavy (non-hydrogen) atoms. The van der Waals surface area contributed by atoms with Crippen LogP contribution in [0, 0.1) is 23.2 Å². The van der Waals surface area contributed by atoms with Crippen molar-refractivity contribution in [1.29, 1.82) is 0 Å². The largest absolute Gasteiger partial charge is 0.330 e. The third-order valence-electron chi connectivity index (χ3n) is 5.95. The lowest BCUT2D eigenvalue weighted by molar-refractivity contribution is -0.0775. The Morgan fingerprint density at radius 3 is 2.61 bits per heavy atom. The van der Waals surface area contributed by atoms with E-state index in [1.807, 2.05) is 11.3 Å². The maximum atomic E-state index is 5.97. The number of nitrogens with two attached hydrogens (primary N) is 1. The van der Waals surface area contributed by atoms with Gasteiger partial charge in [0.25, 0.3) is 0 Å². The maximum Gasteiger partial charge on any atom is 0.00845 e. The minimum Gasteiger partial charge on any atom is -0.330 e. The van der Waals surface area contributed by atoms with Crippen LogP contribution in [-0.4, -0.2) is 6.54 Å². The van der Waals surface area contributed by atoms with Crippen LogP contribution in [0.4, 0.5) is 0 Å². The number of hydrogen-bond donors (Lipinski definition) is 1. The Balaban J connectivity index is 1.75. The van der Waals surface area contributed by atoms with Crippen molar-refractivity contribution in [2.45, 2.75) is 44.4 Å². The van der Waals surface area contributed by atoms with Gasteiger partial charge in [0.15, 0.2) is 0 Å². The van der Waals surface area contributed by atoms with Crippen LogP contribution in [0.1, 0.15) is 49.3 Å². The zero-order valence-electron chi connectivity index (χ0n) is 11.0. The molecule has 98 valence electrons. The molecule has 3 unspecified atom stereocenters. The second kappa shape index (κ2) is 4.08. The van der Waals surface area contributed by atoms with Crippen LogP contribution in [0.25, 0.3) is 0 Å². The van der Waals surface area contributed by atoms with Crippen LogP contribution in [0.5, 0.6) is 0 Å². The van der Waals surface area contributed by atoms with Gasteiger partial charge in [-0.25, -0.2) is 0 Å². The van der Waals surface area contributed by atoms with E-state index >= 15 is 0 Å². The average Bonchev–Trinajstić information content (AvgIpc) is 2.80. The van der Waals surface area contributed by atoms with Crippen LogP contribution in [0.2, 0.25) is 0 Å². The van der Waals surface area contributed by atoms with E-state index in [4.69, 9.17) is 5.73 Å². The summed E-state index contributed by atoms with van der Waals surface area (Å²) in [4.78, 5) is 1.66. The highest BCUT2D eigenvalue weighted by atomic mass is 32.1. The van der Waals surface area contributed by atoms with Gasteiger partial charge in [-0.05, 0) is 79.7 Å². The van der Waals surface area contributed by atoms with E-state index in [0.29, 0.717) is 5.41 Å². The van der Waals surface area contributed by atoms with Crippen molar-refractivity contribution in [1.82, 2.24) is 0 Å². The molecule has 2 heteroatoms. The summed E-state index contributed by atoms with van der Waals surface area (Å²) in [5.74, 6) is 3.88. The van der Waals surface area contributed by atoms with E-state index in [0.717, 1.165) is 30.2 Å². The van der Waals surface area contributed by atoms with Gasteiger partial charge in [0.05, 0.1) is 0 Å². The fraction of sp³-hybridized carbons (Fsp3) is 0.750. The highest BCUT2D eigenvalue weighted by molar-refractivity contribution is 7.10. The number of thiophene rings is 1. The Kier molecular flexibility index (Phi) is 2.60. The quantitative estimate of drug-likeness (QED) is 0.874. The normalized spacial score (nSPS) is 45.6. The molecule has 2 N–H and O–H groups in total. The lowest BCUT2D eigenvalue weighted by atomic mass is 9.44. The van der Waals surface area contributed by atoms with Gasteiger partial charge < -0.3 is 5.73 Å². The van der Waals surface area contributed by atoms with E-state index in [1.165, 1.54) is 38.5 Å². The predicted molar refractivity (Wildman–Crippen MR) is 76.7 cm³/mol. The molecular formula is C16H23NS. The maximum absolute atomic E-state index is 5.97. The highest BCUT2D eigenvalue weighted by Gasteiger charge is 2.56. The van der Waals surface area contributed by atoms with E-state index < -0.39 is 0 Å². The summed E-state index contributed by atoms with van der Waals surface area (Å²) in [6, 6.07) is 4.62. The first-order valence-electron chi connectivity index (χ1n) is 7.54. The molecule has 4 aliphatic carbocycles. The van der Waals surface area contributed by atoms with Gasteiger partial charge in [0.1, 0.15) is 0 Å². The third-order valence-corrected chi connectivity index (χ3v) is 6.91. The van der Waals surface area contributed by atoms with Gasteiger partial charge in [0, 0.05) is 10.8 Å². The molecular weight excluding hydrogens is 238 g/mol. The van der Waals surface area contributed by atoms with Gasteiger partial charge in [-0.1, -0.05) is 6.07 Å². The van der Waals surface area contributed by atoms with E-state index in [2.05, 4.69) is 17.5 Å². The highest BCUT2D eigenvalue weighted by Crippen LogP contribution is 2.67. The molecule has 5 rings (SSSR count). The first-order chi connectivity index (χ1) is 8.81. The molecule has 0 amide bonds. The van der Waals surface area contributed by atoms with Crippen LogP contribution >= 0.6 is 11.3 Å². The van der Waals surface area contributed by atoms with Crippen LogP contribution in [-0.2, 0) is 0 Å². The summed E-state index contributed by atoms with van der Waals surface area (Å²) in [5.41, 5.74) is 6.55. The first kappa shape index (κ1) is 11.5. The molecule has 4 fully saturated rings. The van der Waals surface area contributed by atoms with Crippen molar-refractivity contribution < 1.29 is 0 Å². The molecule has 1 aromatic heterocycles. The van der Waals surface area contributed by atoms with Crippen LogP contribution in [0.3, 0.4) is 0 Å². The molecule has 1 aromatic rings. The smallest absolute Gasteiger partial charge is 0.00845 e. The summed E-state index contributed by atoms with van der Waals surface area (Å²) in [6.07, 6.45) is 8.75. The van der Waals surface area contributed by atoms with Crippen molar-refractivity contribution in [2.24, 2.45) is 28.9 Å². The second-order valence-corrected chi connectivity index (χ2v) is 7.98. The average molecular weight is 261 g/mol. The third kappa shape index (κ3) is 1.55. The molecule has 0 spiro atoms. The molecule has 4 bridgehead atoms. The van der Waals surface area contributed by atoms with Crippen molar-refractivity contribution in [3.05, 3.63) is 22.4 Å². The summed E-state index contributed by atoms with van der Waals surface area (Å²) < 4.78 is 0. The van der Waals surface area contributed by atoms with Crippen molar-refractivity contribution >= 4 is 11.3 Å². The Morgan fingerprint density at radius 1 is 1.22 bits per heavy atom. The van der Waals surface area contributed by atoms with Gasteiger partial charge >= 0.3 is 0 Å². The van der Waals surface area contributed by atoms with Gasteiger partial charge in [-0.3, -0.25) is 0 Å². The Morgan fingerprint density at radius 2 is 2.00 bits per heavy atom. The molecule has 1 nitrogen and oxygen atoms in total. The minimum absolute atomic E-state index is 0.578. The molecule has 0 aromatic carbocycles. The second-order valence-electron chi connectivity index (χ2n) is 7.00. The van der Waals surface area contributed by atoms with Crippen molar-refractivity contribution in [3.8, 4) is 0 Å². The molecule has 0 saturated heterocycles. The number of hydrogen-bond acceptors (Lipinski definition) is 2. The Bertz CT molecular complexity index is 410. The summed E-state index contributed by atoms with van der Waals surface area (Å²) >= 11 is 1.99. The summed E-state index contributed by atoms with van der Waals surface area (Å²) in [7, 11) is 0. The molecule has 1 heterocycles. The molecule has 4 saturated carbocycles. The van der Waals surface area contributed by atoms with Crippen LogP contribution < -0.4 is 5.73 Å². The zero-order chi connectivity index (χ0) is 12.2. The SMILES string of the molecule is NCCC12CC3CC(CC(C3)C1c1cccs1)C2. The zero-order valence-corrected chi connectivity index (χ0v) is 11.8. The van der Waals surface area contributed by atoms with E-state index in [1.54, 1.807) is 4.88 Å². The molecule has 0 radical (unpaired) electrons. The van der Waals surface area contributed by atoms with Crippen molar-refractivity contribution in [3.63, 3.8) is 0 Å². The van der Waals surface area contributed by atoms with Crippen LogP contribution in [0.15, 0.2) is 17.5 Å². The lowest BCUT2D eigenvalue weighted by Gasteiger charge is -2.61. The fourth-order valence-electron chi connectivity index (χ4n) is 5.86. The topological polar surface area (TPSA) is 26.0 Å². The molecule has 0 aliphatic heterocycles. The van der Waals surface area contributed by atoms with E-state index in [-0.39, 0.29) is 0 Å². The van der Waals surface area contributed by atoms with Gasteiger partial charge in [0.2, 0.25) is 0 Å². The first-order valence-corrected chi connectivity index (χ1v) is 8.42. The molecule has 4 aliphatic rings.